The third-order valence-electron chi connectivity index (χ3n) is 6.52. The lowest BCUT2D eigenvalue weighted by atomic mass is 10.1. The summed E-state index contributed by atoms with van der Waals surface area (Å²) in [4.78, 5) is 17.7. The van der Waals surface area contributed by atoms with Crippen LogP contribution in [0.4, 0.5) is 4.79 Å². The van der Waals surface area contributed by atoms with E-state index in [-0.39, 0.29) is 4.90 Å². The number of nitrogens with zero attached hydrogens (tertiary/aromatic N) is 2. The van der Waals surface area contributed by atoms with Crippen LogP contribution in [0.25, 0.3) is 5.69 Å². The number of urea groups is 1. The Morgan fingerprint density at radius 3 is 2.29 bits per heavy atom. The van der Waals surface area contributed by atoms with Crippen molar-refractivity contribution in [2.24, 2.45) is 0 Å². The molecule has 0 aliphatic rings. The second kappa shape index (κ2) is 12.5. The van der Waals surface area contributed by atoms with E-state index in [1.54, 1.807) is 37.5 Å². The van der Waals surface area contributed by atoms with Crippen LogP contribution in [-0.2, 0) is 23.1 Å². The van der Waals surface area contributed by atoms with Gasteiger partial charge in [0.05, 0.1) is 16.6 Å². The fourth-order valence-corrected chi connectivity index (χ4v) is 5.70. The average Bonchev–Trinajstić information content (AvgIpc) is 3.47. The molecular formula is C32H30N4O4S. The first-order chi connectivity index (χ1) is 19.9. The van der Waals surface area contributed by atoms with E-state index in [9.17, 15) is 13.2 Å². The molecule has 0 fully saturated rings. The zero-order valence-electron chi connectivity index (χ0n) is 22.5. The summed E-state index contributed by atoms with van der Waals surface area (Å²) in [6.45, 7) is 2.11. The van der Waals surface area contributed by atoms with E-state index < -0.39 is 22.1 Å². The second-order valence-corrected chi connectivity index (χ2v) is 11.2. The number of aromatic nitrogens is 2. The first kappa shape index (κ1) is 27.7. The Morgan fingerprint density at radius 2 is 1.56 bits per heavy atom. The van der Waals surface area contributed by atoms with Gasteiger partial charge in [-0.3, -0.25) is 0 Å². The van der Waals surface area contributed by atoms with Crippen LogP contribution in [0.3, 0.4) is 0 Å². The van der Waals surface area contributed by atoms with Crippen LogP contribution in [-0.4, -0.2) is 24.0 Å². The molecule has 5 rings (SSSR count). The molecule has 0 radical (unpaired) electrons. The summed E-state index contributed by atoms with van der Waals surface area (Å²) >= 11 is 0. The summed E-state index contributed by atoms with van der Waals surface area (Å²) in [5, 5.41) is 2.84. The number of benzene rings is 4. The largest absolute Gasteiger partial charge is 0.489 e. The molecule has 0 saturated carbocycles. The molecule has 0 saturated heterocycles. The fraction of sp³-hybridized carbons (Fsp3) is 0.125. The number of hydrogen-bond donors (Lipinski definition) is 2. The summed E-state index contributed by atoms with van der Waals surface area (Å²) < 4.78 is 36.0. The number of carbonyl (C=O) groups excluding carboxylic acids is 1. The van der Waals surface area contributed by atoms with Gasteiger partial charge in [0.1, 0.15) is 18.2 Å². The fourth-order valence-electron chi connectivity index (χ4n) is 4.53. The number of aryl methyl sites for hydroxylation is 1. The van der Waals surface area contributed by atoms with Gasteiger partial charge in [-0.15, -0.1) is 0 Å². The number of amides is 2. The SMILES string of the molecule is Cc1ccccc1S(=O)(=O)NC(=O)NC(Cc1ccccc1)c1nccn1-c1cccc(OCc2ccccc2)c1. The summed E-state index contributed by atoms with van der Waals surface area (Å²) in [6.07, 6.45) is 3.83. The first-order valence-electron chi connectivity index (χ1n) is 13.1. The van der Waals surface area contributed by atoms with Crippen molar-refractivity contribution in [3.05, 3.63) is 144 Å². The highest BCUT2D eigenvalue weighted by molar-refractivity contribution is 7.90. The number of carbonyl (C=O) groups is 1. The van der Waals surface area contributed by atoms with Gasteiger partial charge >= 0.3 is 6.03 Å². The van der Waals surface area contributed by atoms with E-state index in [4.69, 9.17) is 4.74 Å². The molecule has 2 N–H and O–H groups in total. The molecule has 0 aliphatic heterocycles. The van der Waals surface area contributed by atoms with Gasteiger partial charge in [0.15, 0.2) is 0 Å². The van der Waals surface area contributed by atoms with E-state index in [1.165, 1.54) is 6.07 Å². The number of ether oxygens (including phenoxy) is 1. The highest BCUT2D eigenvalue weighted by Crippen LogP contribution is 2.24. The van der Waals surface area contributed by atoms with Gasteiger partial charge in [-0.1, -0.05) is 84.9 Å². The highest BCUT2D eigenvalue weighted by atomic mass is 32.2. The molecule has 1 atom stereocenters. The maximum Gasteiger partial charge on any atom is 0.329 e. The van der Waals surface area contributed by atoms with Crippen molar-refractivity contribution >= 4 is 16.1 Å². The van der Waals surface area contributed by atoms with Gasteiger partial charge in [-0.05, 0) is 48.2 Å². The smallest absolute Gasteiger partial charge is 0.329 e. The Balaban J connectivity index is 1.40. The molecule has 208 valence electrons. The second-order valence-electron chi connectivity index (χ2n) is 9.51. The van der Waals surface area contributed by atoms with Gasteiger partial charge in [-0.25, -0.2) is 22.9 Å². The molecule has 4 aromatic carbocycles. The molecule has 1 heterocycles. The predicted molar refractivity (Wildman–Crippen MR) is 157 cm³/mol. The van der Waals surface area contributed by atoms with Crippen molar-refractivity contribution in [2.75, 3.05) is 0 Å². The zero-order valence-corrected chi connectivity index (χ0v) is 23.3. The Labute approximate surface area is 239 Å². The van der Waals surface area contributed by atoms with E-state index in [1.807, 2.05) is 89.5 Å². The molecule has 5 aromatic rings. The van der Waals surface area contributed by atoms with Gasteiger partial charge in [0.25, 0.3) is 10.0 Å². The highest BCUT2D eigenvalue weighted by Gasteiger charge is 2.25. The van der Waals surface area contributed by atoms with Gasteiger partial charge < -0.3 is 14.6 Å². The monoisotopic (exact) mass is 566 g/mol. The number of nitrogens with one attached hydrogen (secondary N) is 2. The Hall–Kier alpha value is -4.89. The van der Waals surface area contributed by atoms with Crippen LogP contribution in [0, 0.1) is 6.92 Å². The van der Waals surface area contributed by atoms with Crippen LogP contribution in [0.5, 0.6) is 5.75 Å². The first-order valence-corrected chi connectivity index (χ1v) is 14.6. The number of hydrogen-bond acceptors (Lipinski definition) is 5. The van der Waals surface area contributed by atoms with Crippen LogP contribution >= 0.6 is 0 Å². The Kier molecular flexibility index (Phi) is 8.45. The van der Waals surface area contributed by atoms with Crippen molar-refractivity contribution in [1.82, 2.24) is 19.6 Å². The molecule has 2 amide bonds. The molecular weight excluding hydrogens is 536 g/mol. The van der Waals surface area contributed by atoms with Crippen molar-refractivity contribution in [2.45, 2.75) is 30.9 Å². The van der Waals surface area contributed by atoms with E-state index in [0.717, 1.165) is 16.8 Å². The zero-order chi connectivity index (χ0) is 28.7. The maximum atomic E-state index is 13.1. The number of sulfonamides is 1. The molecule has 0 aliphatic carbocycles. The topological polar surface area (TPSA) is 102 Å². The maximum absolute atomic E-state index is 13.1. The molecule has 41 heavy (non-hydrogen) atoms. The van der Waals surface area contributed by atoms with Gasteiger partial charge in [0, 0.05) is 18.5 Å². The predicted octanol–water partition coefficient (Wildman–Crippen LogP) is 5.73. The third-order valence-corrected chi connectivity index (χ3v) is 8.01. The molecule has 8 nitrogen and oxygen atoms in total. The molecule has 9 heteroatoms. The minimum Gasteiger partial charge on any atom is -0.489 e. The van der Waals surface area contributed by atoms with Crippen LogP contribution in [0.2, 0.25) is 0 Å². The average molecular weight is 567 g/mol. The minimum absolute atomic E-state index is 0.0450. The summed E-state index contributed by atoms with van der Waals surface area (Å²) in [7, 11) is -4.08. The van der Waals surface area contributed by atoms with Crippen molar-refractivity contribution in [1.29, 1.82) is 0 Å². The molecule has 1 unspecified atom stereocenters. The molecule has 0 spiro atoms. The third kappa shape index (κ3) is 7.01. The van der Waals surface area contributed by atoms with E-state index in [0.29, 0.717) is 30.2 Å². The summed E-state index contributed by atoms with van der Waals surface area (Å²) in [5.74, 6) is 1.22. The number of rotatable bonds is 10. The van der Waals surface area contributed by atoms with Crippen molar-refractivity contribution in [3.63, 3.8) is 0 Å². The lowest BCUT2D eigenvalue weighted by molar-refractivity contribution is 0.241. The normalized spacial score (nSPS) is 11.9. The van der Waals surface area contributed by atoms with Crippen molar-refractivity contribution in [3.8, 4) is 11.4 Å². The minimum atomic E-state index is -4.08. The number of imidazole rings is 1. The Bertz CT molecular complexity index is 1720. The van der Waals surface area contributed by atoms with Crippen LogP contribution < -0.4 is 14.8 Å². The Morgan fingerprint density at radius 1 is 0.878 bits per heavy atom. The lowest BCUT2D eigenvalue weighted by Crippen LogP contribution is -2.42. The molecule has 0 bridgehead atoms. The van der Waals surface area contributed by atoms with Crippen LogP contribution in [0.1, 0.15) is 28.6 Å². The molecule has 1 aromatic heterocycles. The van der Waals surface area contributed by atoms with E-state index >= 15 is 0 Å². The summed E-state index contributed by atoms with van der Waals surface area (Å²) in [5.41, 5.74) is 3.34. The summed E-state index contributed by atoms with van der Waals surface area (Å²) in [6, 6.07) is 32.1. The van der Waals surface area contributed by atoms with Crippen LogP contribution in [0.15, 0.2) is 126 Å². The van der Waals surface area contributed by atoms with Gasteiger partial charge in [-0.2, -0.15) is 0 Å². The lowest BCUT2D eigenvalue weighted by Gasteiger charge is -2.21. The standard InChI is InChI=1S/C32H30N4O4S/c1-24-11-8-9-18-30(24)41(38,39)35-32(37)34-29(21-25-12-4-2-5-13-25)31-33-19-20-36(31)27-16-10-17-28(22-27)40-23-26-14-6-3-7-15-26/h2-20,22,29H,21,23H2,1H3,(H2,34,35,37). The van der Waals surface area contributed by atoms with Crippen molar-refractivity contribution < 1.29 is 17.9 Å². The van der Waals surface area contributed by atoms with E-state index in [2.05, 4.69) is 15.0 Å². The van der Waals surface area contributed by atoms with Gasteiger partial charge in [0.2, 0.25) is 0 Å². The quantitative estimate of drug-likeness (QED) is 0.225.